The molecule has 7 nitrogen and oxygen atoms in total. The van der Waals surface area contributed by atoms with E-state index in [0.717, 1.165) is 25.0 Å². The van der Waals surface area contributed by atoms with Crippen molar-refractivity contribution in [1.82, 2.24) is 14.1 Å². The molecule has 1 heterocycles. The number of carbonyl (C=O) groups is 2. The number of sulfonamides is 1. The monoisotopic (exact) mass is 477 g/mol. The van der Waals surface area contributed by atoms with Gasteiger partial charge in [-0.2, -0.15) is 4.31 Å². The van der Waals surface area contributed by atoms with Crippen LogP contribution in [0.15, 0.2) is 47.4 Å². The van der Waals surface area contributed by atoms with Gasteiger partial charge < -0.3 is 9.80 Å². The normalized spacial score (nSPS) is 17.1. The fourth-order valence-corrected chi connectivity index (χ4v) is 5.34. The van der Waals surface area contributed by atoms with Gasteiger partial charge in [0.1, 0.15) is 11.6 Å². The lowest BCUT2D eigenvalue weighted by Gasteiger charge is -2.33. The third kappa shape index (κ3) is 5.06. The van der Waals surface area contributed by atoms with Crippen LogP contribution in [0.4, 0.5) is 8.78 Å². The number of piperazine rings is 1. The van der Waals surface area contributed by atoms with Crippen molar-refractivity contribution in [3.05, 3.63) is 65.2 Å². The third-order valence-electron chi connectivity index (χ3n) is 6.03. The van der Waals surface area contributed by atoms with Gasteiger partial charge in [0.05, 0.1) is 4.90 Å². The van der Waals surface area contributed by atoms with Crippen LogP contribution in [0.3, 0.4) is 0 Å². The molecule has 2 aliphatic rings. The molecule has 1 saturated heterocycles. The average Bonchev–Trinajstić information content (AvgIpc) is 3.63. The molecule has 2 amide bonds. The predicted octanol–water partition coefficient (Wildman–Crippen LogP) is 2.62. The summed E-state index contributed by atoms with van der Waals surface area (Å²) in [6.45, 7) is 2.55. The Morgan fingerprint density at radius 1 is 1.00 bits per heavy atom. The number of hydrogen-bond acceptors (Lipinski definition) is 4. The van der Waals surface area contributed by atoms with Crippen LogP contribution in [0.2, 0.25) is 0 Å². The lowest BCUT2D eigenvalue weighted by Crippen LogP contribution is -2.49. The molecule has 10 heteroatoms. The summed E-state index contributed by atoms with van der Waals surface area (Å²) in [5.74, 6) is -1.81. The summed E-state index contributed by atoms with van der Waals surface area (Å²) in [6, 6.07) is 8.95. The van der Waals surface area contributed by atoms with Gasteiger partial charge in [0.2, 0.25) is 15.9 Å². The molecule has 1 aliphatic carbocycles. The summed E-state index contributed by atoms with van der Waals surface area (Å²) in [5, 5.41) is 0. The van der Waals surface area contributed by atoms with Crippen LogP contribution in [0.5, 0.6) is 0 Å². The fraction of sp³-hybridized carbons (Fsp3) is 0.391. The average molecular weight is 478 g/mol. The zero-order chi connectivity index (χ0) is 23.8. The Bertz CT molecular complexity index is 1160. The van der Waals surface area contributed by atoms with E-state index >= 15 is 0 Å². The number of benzene rings is 2. The Hall–Kier alpha value is -2.85. The maximum absolute atomic E-state index is 14.1. The minimum Gasteiger partial charge on any atom is -0.340 e. The summed E-state index contributed by atoms with van der Waals surface area (Å²) in [7, 11) is -3.75. The van der Waals surface area contributed by atoms with Gasteiger partial charge in [-0.15, -0.1) is 0 Å². The maximum Gasteiger partial charge on any atom is 0.254 e. The van der Waals surface area contributed by atoms with Crippen LogP contribution in [0.25, 0.3) is 0 Å². The van der Waals surface area contributed by atoms with E-state index in [2.05, 4.69) is 0 Å². The summed E-state index contributed by atoms with van der Waals surface area (Å²) in [4.78, 5) is 27.8. The van der Waals surface area contributed by atoms with Gasteiger partial charge in [-0.3, -0.25) is 9.59 Å². The number of halogens is 2. The lowest BCUT2D eigenvalue weighted by atomic mass is 10.1. The minimum absolute atomic E-state index is 0.0100. The quantitative estimate of drug-likeness (QED) is 0.641. The van der Waals surface area contributed by atoms with Crippen molar-refractivity contribution < 1.29 is 26.8 Å². The first-order chi connectivity index (χ1) is 15.7. The van der Waals surface area contributed by atoms with Gasteiger partial charge in [0.25, 0.3) is 5.91 Å². The topological polar surface area (TPSA) is 78.0 Å². The second kappa shape index (κ2) is 9.18. The number of amides is 2. The van der Waals surface area contributed by atoms with Crippen LogP contribution in [0.1, 0.15) is 35.7 Å². The molecular weight excluding hydrogens is 452 g/mol. The molecule has 0 N–H and O–H groups in total. The van der Waals surface area contributed by atoms with E-state index in [1.807, 2.05) is 0 Å². The van der Waals surface area contributed by atoms with Crippen molar-refractivity contribution in [3.63, 3.8) is 0 Å². The molecule has 2 aromatic rings. The molecule has 1 aliphatic heterocycles. The maximum atomic E-state index is 14.1. The van der Waals surface area contributed by atoms with E-state index in [0.29, 0.717) is 18.7 Å². The van der Waals surface area contributed by atoms with Crippen molar-refractivity contribution in [2.24, 2.45) is 0 Å². The first-order valence-corrected chi connectivity index (χ1v) is 12.2. The zero-order valence-electron chi connectivity index (χ0n) is 18.2. The first-order valence-electron chi connectivity index (χ1n) is 10.8. The zero-order valence-corrected chi connectivity index (χ0v) is 19.0. The van der Waals surface area contributed by atoms with Crippen molar-refractivity contribution in [2.75, 3.05) is 26.2 Å². The van der Waals surface area contributed by atoms with Crippen molar-refractivity contribution in [3.8, 4) is 0 Å². The summed E-state index contributed by atoms with van der Waals surface area (Å²) in [6.07, 6.45) is 1.60. The minimum atomic E-state index is -3.75. The number of nitrogens with zero attached hydrogens (tertiary/aromatic N) is 3. The molecule has 176 valence electrons. The number of hydrogen-bond donors (Lipinski definition) is 0. The molecular formula is C23H25F2N3O4S. The van der Waals surface area contributed by atoms with Crippen LogP contribution < -0.4 is 0 Å². The van der Waals surface area contributed by atoms with Gasteiger partial charge in [0, 0.05) is 62.9 Å². The van der Waals surface area contributed by atoms with E-state index in [1.54, 1.807) is 9.80 Å². The molecule has 0 unspecified atom stereocenters. The SMILES string of the molecule is CC(=O)N1CCN(S(=O)(=O)c2ccc(C(=O)N(Cc3ccc(F)cc3F)C3CC3)cc2)CC1. The van der Waals surface area contributed by atoms with Gasteiger partial charge in [-0.1, -0.05) is 6.07 Å². The third-order valence-corrected chi connectivity index (χ3v) is 7.94. The Kier molecular flexibility index (Phi) is 6.49. The Balaban J connectivity index is 1.48. The fourth-order valence-electron chi connectivity index (χ4n) is 3.91. The van der Waals surface area contributed by atoms with Crippen LogP contribution in [0, 0.1) is 11.6 Å². The highest BCUT2D eigenvalue weighted by atomic mass is 32.2. The summed E-state index contributed by atoms with van der Waals surface area (Å²) >= 11 is 0. The Labute approximate surface area is 191 Å². The van der Waals surface area contributed by atoms with Crippen LogP contribution in [-0.2, 0) is 21.4 Å². The van der Waals surface area contributed by atoms with Gasteiger partial charge in [-0.25, -0.2) is 17.2 Å². The molecule has 0 spiro atoms. The van der Waals surface area contributed by atoms with E-state index in [4.69, 9.17) is 0 Å². The van der Waals surface area contributed by atoms with Gasteiger partial charge in [-0.05, 0) is 43.2 Å². The van der Waals surface area contributed by atoms with E-state index in [-0.39, 0.29) is 47.9 Å². The van der Waals surface area contributed by atoms with E-state index in [9.17, 15) is 26.8 Å². The second-order valence-electron chi connectivity index (χ2n) is 8.33. The molecule has 0 atom stereocenters. The lowest BCUT2D eigenvalue weighted by molar-refractivity contribution is -0.129. The Morgan fingerprint density at radius 3 is 2.18 bits per heavy atom. The van der Waals surface area contributed by atoms with Crippen LogP contribution >= 0.6 is 0 Å². The van der Waals surface area contributed by atoms with Crippen molar-refractivity contribution in [1.29, 1.82) is 0 Å². The highest BCUT2D eigenvalue weighted by molar-refractivity contribution is 7.89. The Morgan fingerprint density at radius 2 is 1.64 bits per heavy atom. The largest absolute Gasteiger partial charge is 0.340 e. The highest BCUT2D eigenvalue weighted by Gasteiger charge is 2.34. The van der Waals surface area contributed by atoms with E-state index < -0.39 is 21.7 Å². The number of carbonyl (C=O) groups excluding carboxylic acids is 2. The molecule has 0 bridgehead atoms. The number of rotatable bonds is 6. The van der Waals surface area contributed by atoms with Gasteiger partial charge in [0.15, 0.2) is 0 Å². The summed E-state index contributed by atoms with van der Waals surface area (Å²) in [5.41, 5.74) is 0.519. The highest BCUT2D eigenvalue weighted by Crippen LogP contribution is 2.31. The predicted molar refractivity (Wildman–Crippen MR) is 117 cm³/mol. The first kappa shape index (κ1) is 23.3. The molecule has 1 saturated carbocycles. The van der Waals surface area contributed by atoms with Gasteiger partial charge >= 0.3 is 0 Å². The van der Waals surface area contributed by atoms with E-state index in [1.165, 1.54) is 41.6 Å². The molecule has 2 fully saturated rings. The molecule has 2 aromatic carbocycles. The standard InChI is InChI=1S/C23H25F2N3O4S/c1-16(29)26-10-12-27(13-11-26)33(31,32)21-8-3-17(4-9-21)23(30)28(20-6-7-20)15-18-2-5-19(24)14-22(18)25/h2-5,8-9,14,20H,6-7,10-13,15H2,1H3. The smallest absolute Gasteiger partial charge is 0.254 e. The molecule has 0 radical (unpaired) electrons. The van der Waals surface area contributed by atoms with Crippen LogP contribution in [-0.4, -0.2) is 66.6 Å². The molecule has 0 aromatic heterocycles. The van der Waals surface area contributed by atoms with Crippen molar-refractivity contribution >= 4 is 21.8 Å². The molecule has 33 heavy (non-hydrogen) atoms. The second-order valence-corrected chi connectivity index (χ2v) is 10.3. The molecule has 4 rings (SSSR count). The summed E-state index contributed by atoms with van der Waals surface area (Å²) < 4.78 is 54.6. The van der Waals surface area contributed by atoms with Crippen molar-refractivity contribution in [2.45, 2.75) is 37.2 Å².